The first kappa shape index (κ1) is 24.3. The molecule has 1 aliphatic carbocycles. The maximum Gasteiger partial charge on any atom is 0.387 e. The van der Waals surface area contributed by atoms with E-state index in [0.717, 1.165) is 12.8 Å². The first-order valence-electron chi connectivity index (χ1n) is 11.1. The van der Waals surface area contributed by atoms with E-state index in [0.29, 0.717) is 28.6 Å². The molecule has 1 heterocycles. The number of aliphatic hydroxyl groups is 1. The van der Waals surface area contributed by atoms with Gasteiger partial charge in [-0.15, -0.1) is 0 Å². The molecule has 1 saturated carbocycles. The van der Waals surface area contributed by atoms with E-state index >= 15 is 0 Å². The van der Waals surface area contributed by atoms with Gasteiger partial charge in [0, 0.05) is 41.8 Å². The number of carbonyl (C=O) groups excluding carboxylic acids is 1. The number of benzene rings is 2. The highest BCUT2D eigenvalue weighted by Gasteiger charge is 2.36. The number of rotatable bonds is 9. The summed E-state index contributed by atoms with van der Waals surface area (Å²) in [5.74, 6) is 0.571. The molecule has 184 valence electrons. The molecular weight excluding hydrogens is 470 g/mol. The van der Waals surface area contributed by atoms with Gasteiger partial charge >= 0.3 is 6.61 Å². The zero-order chi connectivity index (χ0) is 24.2. The van der Waals surface area contributed by atoms with Crippen LogP contribution in [0.15, 0.2) is 36.4 Å². The van der Waals surface area contributed by atoms with Crippen LogP contribution in [0.4, 0.5) is 14.5 Å². The number of aliphatic hydroxyl groups excluding tert-OH is 1. The number of nitrogens with zero attached hydrogens (tertiary/aromatic N) is 2. The summed E-state index contributed by atoms with van der Waals surface area (Å²) in [6.45, 7) is -2.47. The van der Waals surface area contributed by atoms with Gasteiger partial charge in [-0.1, -0.05) is 11.6 Å². The molecular formula is C24H27ClF2N2O5. The molecule has 10 heteroatoms. The van der Waals surface area contributed by atoms with Crippen molar-refractivity contribution >= 4 is 23.2 Å². The number of anilines is 1. The molecule has 1 aliphatic heterocycles. The van der Waals surface area contributed by atoms with E-state index < -0.39 is 12.7 Å². The van der Waals surface area contributed by atoms with Gasteiger partial charge in [0.2, 0.25) is 5.91 Å². The Morgan fingerprint density at radius 1 is 1.18 bits per heavy atom. The standard InChI is InChI=1S/C24H27ClF2N2O5/c1-32-21-9-8-20-19(23(21)34-24(26)27)13-29(16-4-5-16)22(31)10-11-28(20)12-17(30)14-33-18-6-2-15(25)3-7-18/h2-3,6-9,16-17,24,30H,4-5,10-14H2,1H3. The van der Waals surface area contributed by atoms with E-state index in [1.54, 1.807) is 41.3 Å². The number of amides is 1. The summed E-state index contributed by atoms with van der Waals surface area (Å²) in [6.07, 6.45) is 1.12. The van der Waals surface area contributed by atoms with Crippen molar-refractivity contribution in [1.82, 2.24) is 4.90 Å². The van der Waals surface area contributed by atoms with E-state index in [1.165, 1.54) is 7.11 Å². The third-order valence-corrected chi connectivity index (χ3v) is 6.14. The minimum absolute atomic E-state index is 0.00611. The van der Waals surface area contributed by atoms with Crippen LogP contribution < -0.4 is 19.1 Å². The second-order valence-electron chi connectivity index (χ2n) is 8.34. The minimum Gasteiger partial charge on any atom is -0.493 e. The number of hydrogen-bond acceptors (Lipinski definition) is 6. The zero-order valence-electron chi connectivity index (χ0n) is 18.8. The molecule has 0 radical (unpaired) electrons. The summed E-state index contributed by atoms with van der Waals surface area (Å²) in [5, 5.41) is 11.2. The predicted octanol–water partition coefficient (Wildman–Crippen LogP) is 4.09. The van der Waals surface area contributed by atoms with Gasteiger partial charge in [0.25, 0.3) is 0 Å². The Morgan fingerprint density at radius 3 is 2.56 bits per heavy atom. The van der Waals surface area contributed by atoms with Gasteiger partial charge < -0.3 is 29.1 Å². The van der Waals surface area contributed by atoms with Gasteiger partial charge in [0.15, 0.2) is 11.5 Å². The molecule has 0 saturated heterocycles. The number of halogens is 3. The van der Waals surface area contributed by atoms with Crippen molar-refractivity contribution in [1.29, 1.82) is 0 Å². The second-order valence-corrected chi connectivity index (χ2v) is 8.78. The molecule has 7 nitrogen and oxygen atoms in total. The number of methoxy groups -OCH3 is 1. The normalized spacial score (nSPS) is 17.2. The average molecular weight is 497 g/mol. The highest BCUT2D eigenvalue weighted by atomic mass is 35.5. The molecule has 2 aromatic rings. The van der Waals surface area contributed by atoms with E-state index in [1.807, 2.05) is 4.90 Å². The van der Waals surface area contributed by atoms with Crippen molar-refractivity contribution in [2.45, 2.75) is 44.6 Å². The second kappa shape index (κ2) is 10.7. The lowest BCUT2D eigenvalue weighted by atomic mass is 10.1. The third kappa shape index (κ3) is 5.82. The lowest BCUT2D eigenvalue weighted by molar-refractivity contribution is -0.132. The van der Waals surface area contributed by atoms with Crippen LogP contribution in [-0.2, 0) is 11.3 Å². The number of hydrogen-bond donors (Lipinski definition) is 1. The van der Waals surface area contributed by atoms with Crippen LogP contribution in [0, 0.1) is 0 Å². The van der Waals surface area contributed by atoms with Crippen molar-refractivity contribution in [3.63, 3.8) is 0 Å². The van der Waals surface area contributed by atoms with E-state index in [2.05, 4.69) is 0 Å². The van der Waals surface area contributed by atoms with Crippen molar-refractivity contribution in [2.24, 2.45) is 0 Å². The molecule has 1 N–H and O–H groups in total. The Balaban J connectivity index is 1.59. The van der Waals surface area contributed by atoms with Crippen LogP contribution in [0.3, 0.4) is 0 Å². The molecule has 1 amide bonds. The molecule has 1 fully saturated rings. The number of ether oxygens (including phenoxy) is 3. The monoisotopic (exact) mass is 496 g/mol. The largest absolute Gasteiger partial charge is 0.493 e. The lowest BCUT2D eigenvalue weighted by Gasteiger charge is -2.35. The summed E-state index contributed by atoms with van der Waals surface area (Å²) >= 11 is 5.88. The number of β-amino-alcohol motifs (C(OH)–C–C–N with tert-alkyl or cyclic N) is 1. The topological polar surface area (TPSA) is 71.5 Å². The lowest BCUT2D eigenvalue weighted by Crippen LogP contribution is -2.42. The molecule has 0 aromatic heterocycles. The van der Waals surface area contributed by atoms with Crippen LogP contribution in [0.25, 0.3) is 0 Å². The quantitative estimate of drug-likeness (QED) is 0.564. The molecule has 34 heavy (non-hydrogen) atoms. The highest BCUT2D eigenvalue weighted by molar-refractivity contribution is 6.30. The first-order valence-corrected chi connectivity index (χ1v) is 11.5. The summed E-state index contributed by atoms with van der Waals surface area (Å²) in [7, 11) is 1.38. The highest BCUT2D eigenvalue weighted by Crippen LogP contribution is 2.42. The Labute approximate surface area is 201 Å². The van der Waals surface area contributed by atoms with Gasteiger partial charge in [0.05, 0.1) is 13.7 Å². The number of carbonyl (C=O) groups is 1. The van der Waals surface area contributed by atoms with Crippen molar-refractivity contribution in [3.05, 3.63) is 47.0 Å². The SMILES string of the molecule is COc1ccc2c(c1OC(F)F)CN(C1CC1)C(=O)CCN2CC(O)COc1ccc(Cl)cc1. The Morgan fingerprint density at radius 2 is 1.91 bits per heavy atom. The summed E-state index contributed by atoms with van der Waals surface area (Å²) in [5.41, 5.74) is 1.05. The van der Waals surface area contributed by atoms with Gasteiger partial charge in [-0.3, -0.25) is 4.79 Å². The Hall–Kier alpha value is -2.78. The van der Waals surface area contributed by atoms with Crippen LogP contribution in [0.5, 0.6) is 17.2 Å². The third-order valence-electron chi connectivity index (χ3n) is 5.89. The van der Waals surface area contributed by atoms with Gasteiger partial charge in [-0.25, -0.2) is 0 Å². The van der Waals surface area contributed by atoms with Crippen LogP contribution >= 0.6 is 11.6 Å². The molecule has 2 aromatic carbocycles. The fourth-order valence-corrected chi connectivity index (χ4v) is 4.24. The van der Waals surface area contributed by atoms with Crippen LogP contribution in [-0.4, -0.2) is 61.5 Å². The fourth-order valence-electron chi connectivity index (χ4n) is 4.12. The van der Waals surface area contributed by atoms with Gasteiger partial charge in [-0.2, -0.15) is 8.78 Å². The van der Waals surface area contributed by atoms with Crippen molar-refractivity contribution < 1.29 is 32.9 Å². The summed E-state index contributed by atoms with van der Waals surface area (Å²) < 4.78 is 42.4. The average Bonchev–Trinajstić information content (AvgIpc) is 3.64. The number of alkyl halides is 2. The van der Waals surface area contributed by atoms with E-state index in [9.17, 15) is 18.7 Å². The fraction of sp³-hybridized carbons (Fsp3) is 0.458. The molecule has 1 atom stereocenters. The number of fused-ring (bicyclic) bond motifs is 1. The van der Waals surface area contributed by atoms with Gasteiger partial charge in [-0.05, 0) is 49.2 Å². The maximum absolute atomic E-state index is 13.3. The Kier molecular flexibility index (Phi) is 7.63. The molecule has 1 unspecified atom stereocenters. The van der Waals surface area contributed by atoms with Crippen LogP contribution in [0.1, 0.15) is 24.8 Å². The molecule has 4 rings (SSSR count). The van der Waals surface area contributed by atoms with E-state index in [4.69, 9.17) is 25.8 Å². The summed E-state index contributed by atoms with van der Waals surface area (Å²) in [4.78, 5) is 16.4. The molecule has 2 aliphatic rings. The van der Waals surface area contributed by atoms with Crippen LogP contribution in [0.2, 0.25) is 5.02 Å². The zero-order valence-corrected chi connectivity index (χ0v) is 19.5. The van der Waals surface area contributed by atoms with Crippen molar-refractivity contribution in [3.8, 4) is 17.2 Å². The molecule has 0 spiro atoms. The van der Waals surface area contributed by atoms with Crippen molar-refractivity contribution in [2.75, 3.05) is 31.7 Å². The molecule has 0 bridgehead atoms. The van der Waals surface area contributed by atoms with Gasteiger partial charge in [0.1, 0.15) is 18.5 Å². The summed E-state index contributed by atoms with van der Waals surface area (Å²) in [6, 6.07) is 10.2. The first-order chi connectivity index (χ1) is 16.4. The Bertz CT molecular complexity index is 1000. The minimum atomic E-state index is -3.05. The maximum atomic E-state index is 13.3. The van der Waals surface area contributed by atoms with E-state index in [-0.39, 0.29) is 49.6 Å². The smallest absolute Gasteiger partial charge is 0.387 e. The predicted molar refractivity (Wildman–Crippen MR) is 123 cm³/mol.